The zero-order valence-electron chi connectivity index (χ0n) is 23.1. The third-order valence-electron chi connectivity index (χ3n) is 6.71. The minimum Gasteiger partial charge on any atom is -0.490 e. The fraction of sp³-hybridized carbons (Fsp3) is 0.219. The number of hydrogen-bond acceptors (Lipinski definition) is 8. The first-order chi connectivity index (χ1) is 20.3. The molecule has 1 aromatic heterocycles. The van der Waals surface area contributed by atoms with Gasteiger partial charge in [-0.15, -0.1) is 0 Å². The second-order valence-corrected chi connectivity index (χ2v) is 11.8. The van der Waals surface area contributed by atoms with Crippen molar-refractivity contribution in [2.75, 3.05) is 13.4 Å². The van der Waals surface area contributed by atoms with Crippen molar-refractivity contribution in [3.63, 3.8) is 0 Å². The third kappa shape index (κ3) is 5.28. The standard InChI is InChI=1S/C32H27BrN2O6S/c1-4-38-31(37)27-28(19-8-6-5-7-9-19)34-32-35(29(27)20-10-12-24-25(15-20)40-17-39-24)30(36)26(42-32)16-21-14-22(33)11-13-23(21)41-18(2)3/h5-16,18,29H,4,17H2,1-3H3/b26-16+/t29-/m0/s1. The Morgan fingerprint density at radius 3 is 2.67 bits per heavy atom. The van der Waals surface area contributed by atoms with Crippen LogP contribution in [0.25, 0.3) is 11.8 Å². The average Bonchev–Trinajstić information content (AvgIpc) is 3.57. The maximum atomic E-state index is 14.2. The lowest BCUT2D eigenvalue weighted by atomic mass is 9.93. The normalized spacial score (nSPS) is 15.9. The number of rotatable bonds is 7. The lowest BCUT2D eigenvalue weighted by Gasteiger charge is -2.26. The van der Waals surface area contributed by atoms with E-state index >= 15 is 0 Å². The Morgan fingerprint density at radius 1 is 1.12 bits per heavy atom. The number of halogens is 1. The molecular weight excluding hydrogens is 620 g/mol. The summed E-state index contributed by atoms with van der Waals surface area (Å²) in [6, 6.07) is 19.7. The molecule has 3 heterocycles. The van der Waals surface area contributed by atoms with E-state index in [9.17, 15) is 9.59 Å². The Balaban J connectivity index is 1.63. The minimum absolute atomic E-state index is 0.0499. The van der Waals surface area contributed by atoms with Crippen molar-refractivity contribution in [3.05, 3.63) is 113 Å². The molecule has 8 nitrogen and oxygen atoms in total. The number of thiazole rings is 1. The molecule has 2 aliphatic heterocycles. The molecule has 0 spiro atoms. The summed E-state index contributed by atoms with van der Waals surface area (Å²) >= 11 is 4.79. The van der Waals surface area contributed by atoms with Gasteiger partial charge in [0.2, 0.25) is 6.79 Å². The molecule has 6 rings (SSSR count). The van der Waals surface area contributed by atoms with Gasteiger partial charge in [0.15, 0.2) is 16.3 Å². The molecule has 0 radical (unpaired) electrons. The predicted octanol–water partition coefficient (Wildman–Crippen LogP) is 5.21. The molecule has 0 saturated carbocycles. The molecule has 3 aromatic carbocycles. The Labute approximate surface area is 254 Å². The number of carbonyl (C=O) groups excluding carboxylic acids is 1. The first-order valence-corrected chi connectivity index (χ1v) is 15.1. The number of aromatic nitrogens is 1. The molecule has 0 N–H and O–H groups in total. The second kappa shape index (κ2) is 11.6. The van der Waals surface area contributed by atoms with Gasteiger partial charge in [0, 0.05) is 15.6 Å². The van der Waals surface area contributed by atoms with Crippen LogP contribution in [0.4, 0.5) is 0 Å². The molecule has 0 unspecified atom stereocenters. The van der Waals surface area contributed by atoms with Crippen LogP contribution < -0.4 is 29.1 Å². The van der Waals surface area contributed by atoms with E-state index in [0.717, 1.165) is 15.6 Å². The van der Waals surface area contributed by atoms with Crippen LogP contribution in [0.15, 0.2) is 86.6 Å². The van der Waals surface area contributed by atoms with Gasteiger partial charge in [-0.25, -0.2) is 9.79 Å². The number of hydrogen-bond donors (Lipinski definition) is 0. The second-order valence-electron chi connectivity index (χ2n) is 9.89. The predicted molar refractivity (Wildman–Crippen MR) is 164 cm³/mol. The molecule has 0 bridgehead atoms. The fourth-order valence-electron chi connectivity index (χ4n) is 4.97. The monoisotopic (exact) mass is 646 g/mol. The van der Waals surface area contributed by atoms with Gasteiger partial charge in [-0.05, 0) is 62.7 Å². The van der Waals surface area contributed by atoms with Crippen LogP contribution in [0.1, 0.15) is 43.5 Å². The van der Waals surface area contributed by atoms with Crippen molar-refractivity contribution < 1.29 is 23.7 Å². The quantitative estimate of drug-likeness (QED) is 0.256. The highest BCUT2D eigenvalue weighted by Crippen LogP contribution is 2.40. The molecule has 0 amide bonds. The van der Waals surface area contributed by atoms with E-state index in [0.29, 0.717) is 37.8 Å². The van der Waals surface area contributed by atoms with E-state index in [4.69, 9.17) is 23.9 Å². The van der Waals surface area contributed by atoms with Crippen molar-refractivity contribution in [3.8, 4) is 17.2 Å². The minimum atomic E-state index is -0.818. The van der Waals surface area contributed by atoms with Gasteiger partial charge >= 0.3 is 5.97 Å². The third-order valence-corrected chi connectivity index (χ3v) is 8.18. The molecule has 0 aliphatic carbocycles. The topological polar surface area (TPSA) is 88.4 Å². The molecule has 214 valence electrons. The summed E-state index contributed by atoms with van der Waals surface area (Å²) in [5.41, 5.74) is 2.60. The summed E-state index contributed by atoms with van der Waals surface area (Å²) in [6.45, 7) is 5.93. The summed E-state index contributed by atoms with van der Waals surface area (Å²) in [6.07, 6.45) is 1.75. The molecule has 2 aliphatic rings. The van der Waals surface area contributed by atoms with E-state index in [1.54, 1.807) is 29.7 Å². The van der Waals surface area contributed by atoms with Gasteiger partial charge in [-0.2, -0.15) is 0 Å². The number of ether oxygens (including phenoxy) is 4. The van der Waals surface area contributed by atoms with Crippen LogP contribution in [0, 0.1) is 0 Å². The van der Waals surface area contributed by atoms with E-state index in [1.807, 2.05) is 68.4 Å². The molecule has 0 saturated heterocycles. The summed E-state index contributed by atoms with van der Waals surface area (Å²) in [5.74, 6) is 1.25. The highest BCUT2D eigenvalue weighted by Gasteiger charge is 2.36. The van der Waals surface area contributed by atoms with Crippen LogP contribution in [-0.2, 0) is 9.53 Å². The Bertz CT molecular complexity index is 1890. The fourth-order valence-corrected chi connectivity index (χ4v) is 6.34. The molecular formula is C32H27BrN2O6S. The summed E-state index contributed by atoms with van der Waals surface area (Å²) in [4.78, 5) is 33.3. The van der Waals surface area contributed by atoms with Crippen LogP contribution in [0.5, 0.6) is 17.2 Å². The van der Waals surface area contributed by atoms with E-state index < -0.39 is 12.0 Å². The lowest BCUT2D eigenvalue weighted by molar-refractivity contribution is -0.138. The molecule has 0 fully saturated rings. The molecule has 10 heteroatoms. The Kier molecular flexibility index (Phi) is 7.74. The van der Waals surface area contributed by atoms with Gasteiger partial charge in [0.25, 0.3) is 5.56 Å². The first-order valence-electron chi connectivity index (χ1n) is 13.5. The van der Waals surface area contributed by atoms with E-state index in [2.05, 4.69) is 15.9 Å². The van der Waals surface area contributed by atoms with Crippen molar-refractivity contribution in [2.45, 2.75) is 32.9 Å². The van der Waals surface area contributed by atoms with E-state index in [-0.39, 0.29) is 30.6 Å². The van der Waals surface area contributed by atoms with Gasteiger partial charge in [0.1, 0.15) is 5.75 Å². The number of esters is 1. The van der Waals surface area contributed by atoms with Gasteiger partial charge < -0.3 is 18.9 Å². The van der Waals surface area contributed by atoms with Crippen LogP contribution >= 0.6 is 27.3 Å². The van der Waals surface area contributed by atoms with E-state index in [1.165, 1.54) is 11.3 Å². The highest BCUT2D eigenvalue weighted by molar-refractivity contribution is 9.10. The number of benzene rings is 3. The Hall–Kier alpha value is -4.15. The summed E-state index contributed by atoms with van der Waals surface area (Å²) in [5, 5.41) is 0. The van der Waals surface area contributed by atoms with Crippen LogP contribution in [0.2, 0.25) is 0 Å². The summed E-state index contributed by atoms with van der Waals surface area (Å²) in [7, 11) is 0. The summed E-state index contributed by atoms with van der Waals surface area (Å²) < 4.78 is 25.6. The maximum absolute atomic E-state index is 14.2. The molecule has 1 atom stereocenters. The van der Waals surface area contributed by atoms with Crippen molar-refractivity contribution in [1.82, 2.24) is 4.57 Å². The van der Waals surface area contributed by atoms with Crippen LogP contribution in [0.3, 0.4) is 0 Å². The molecule has 4 aromatic rings. The average molecular weight is 648 g/mol. The highest BCUT2D eigenvalue weighted by atomic mass is 79.9. The first kappa shape index (κ1) is 28.0. The zero-order chi connectivity index (χ0) is 29.4. The Morgan fingerprint density at radius 2 is 1.90 bits per heavy atom. The van der Waals surface area contributed by atoms with Gasteiger partial charge in [-0.1, -0.05) is 63.7 Å². The number of nitrogens with zero attached hydrogens (tertiary/aromatic N) is 2. The van der Waals surface area contributed by atoms with Crippen molar-refractivity contribution in [1.29, 1.82) is 0 Å². The smallest absolute Gasteiger partial charge is 0.338 e. The van der Waals surface area contributed by atoms with Gasteiger partial charge in [0.05, 0.1) is 34.6 Å². The number of carbonyl (C=O) groups is 1. The number of fused-ring (bicyclic) bond motifs is 2. The van der Waals surface area contributed by atoms with Crippen LogP contribution in [-0.4, -0.2) is 30.0 Å². The largest absolute Gasteiger partial charge is 0.490 e. The SMILES string of the molecule is CCOC(=O)C1=C(c2ccccc2)N=c2s/c(=C/c3cc(Br)ccc3OC(C)C)c(=O)n2[C@H]1c1ccc2c(c1)OCO2. The van der Waals surface area contributed by atoms with Gasteiger partial charge in [-0.3, -0.25) is 9.36 Å². The maximum Gasteiger partial charge on any atom is 0.338 e. The zero-order valence-corrected chi connectivity index (χ0v) is 25.5. The van der Waals surface area contributed by atoms with Crippen molar-refractivity contribution in [2.24, 2.45) is 4.99 Å². The molecule has 42 heavy (non-hydrogen) atoms. The lowest BCUT2D eigenvalue weighted by Crippen LogP contribution is -2.40. The van der Waals surface area contributed by atoms with Crippen molar-refractivity contribution >= 4 is 45.0 Å².